The molecule has 0 amide bonds. The largest absolute Gasteiger partial charge is 0.319 e. The van der Waals surface area contributed by atoms with E-state index in [1.807, 2.05) is 7.05 Å². The lowest BCUT2D eigenvalue weighted by molar-refractivity contribution is 0.272. The van der Waals surface area contributed by atoms with Gasteiger partial charge in [-0.1, -0.05) is 17.7 Å². The number of anilines is 1. The van der Waals surface area contributed by atoms with Crippen molar-refractivity contribution < 1.29 is 12.8 Å². The number of rotatable bonds is 5. The number of benzene rings is 1. The third-order valence-corrected chi connectivity index (χ3v) is 5.41. The van der Waals surface area contributed by atoms with Crippen molar-refractivity contribution in [1.29, 1.82) is 0 Å². The Balaban J connectivity index is 2.04. The maximum absolute atomic E-state index is 13.8. The minimum absolute atomic E-state index is 0.108. The Hall–Kier alpha value is -0.890. The predicted octanol–water partition coefficient (Wildman–Crippen LogP) is 2.07. The monoisotopic (exact) mass is 335 g/mol. The highest BCUT2D eigenvalue weighted by atomic mass is 35.5. The van der Waals surface area contributed by atoms with E-state index >= 15 is 0 Å². The molecular formula is C13H19ClFN3O2S. The van der Waals surface area contributed by atoms with Crippen LogP contribution in [0, 0.1) is 11.7 Å². The van der Waals surface area contributed by atoms with E-state index in [9.17, 15) is 12.8 Å². The number of piperidine rings is 1. The van der Waals surface area contributed by atoms with Gasteiger partial charge in [-0.25, -0.2) is 4.39 Å². The molecule has 1 aliphatic rings. The van der Waals surface area contributed by atoms with Crippen molar-refractivity contribution in [2.45, 2.75) is 12.8 Å². The van der Waals surface area contributed by atoms with Crippen LogP contribution in [-0.4, -0.2) is 39.4 Å². The van der Waals surface area contributed by atoms with Gasteiger partial charge >= 0.3 is 10.2 Å². The zero-order valence-electron chi connectivity index (χ0n) is 11.8. The third kappa shape index (κ3) is 4.06. The topological polar surface area (TPSA) is 61.4 Å². The first-order valence-corrected chi connectivity index (χ1v) is 8.62. The molecule has 21 heavy (non-hydrogen) atoms. The Bertz CT molecular complexity index is 589. The molecule has 2 N–H and O–H groups in total. The Morgan fingerprint density at radius 3 is 2.67 bits per heavy atom. The first-order chi connectivity index (χ1) is 9.94. The first-order valence-electron chi connectivity index (χ1n) is 6.80. The van der Waals surface area contributed by atoms with E-state index in [1.165, 1.54) is 22.5 Å². The Kier molecular flexibility index (Phi) is 5.43. The van der Waals surface area contributed by atoms with E-state index in [4.69, 9.17) is 11.6 Å². The molecule has 0 saturated carbocycles. The molecular weight excluding hydrogens is 317 g/mol. The molecule has 1 aromatic carbocycles. The minimum atomic E-state index is -3.75. The first kappa shape index (κ1) is 16.5. The summed E-state index contributed by atoms with van der Waals surface area (Å²) < 4.78 is 41.9. The Morgan fingerprint density at radius 1 is 1.38 bits per heavy atom. The average molecular weight is 336 g/mol. The molecule has 8 heteroatoms. The highest BCUT2D eigenvalue weighted by Gasteiger charge is 2.28. The van der Waals surface area contributed by atoms with Crippen LogP contribution in [0.4, 0.5) is 10.1 Å². The van der Waals surface area contributed by atoms with Crippen LogP contribution in [0.25, 0.3) is 0 Å². The molecule has 0 bridgehead atoms. The standard InChI is InChI=1S/C13H19ClFN3O2S/c1-16-9-10-5-7-18(8-6-10)21(19,20)17-12-4-2-3-11(14)13(12)15/h2-4,10,16-17H,5-9H2,1H3. The fourth-order valence-electron chi connectivity index (χ4n) is 2.43. The van der Waals surface area contributed by atoms with Crippen molar-refractivity contribution in [3.63, 3.8) is 0 Å². The second-order valence-electron chi connectivity index (χ2n) is 5.11. The summed E-state index contributed by atoms with van der Waals surface area (Å²) in [5.74, 6) is -0.280. The summed E-state index contributed by atoms with van der Waals surface area (Å²) >= 11 is 5.65. The summed E-state index contributed by atoms with van der Waals surface area (Å²) in [5, 5.41) is 2.99. The molecule has 0 unspecified atom stereocenters. The van der Waals surface area contributed by atoms with Gasteiger partial charge in [0.2, 0.25) is 0 Å². The van der Waals surface area contributed by atoms with Crippen molar-refractivity contribution in [2.75, 3.05) is 31.4 Å². The van der Waals surface area contributed by atoms with E-state index in [2.05, 4.69) is 10.0 Å². The third-order valence-electron chi connectivity index (χ3n) is 3.60. The highest BCUT2D eigenvalue weighted by molar-refractivity contribution is 7.90. The lowest BCUT2D eigenvalue weighted by Crippen LogP contribution is -2.43. The van der Waals surface area contributed by atoms with Crippen LogP contribution in [0.3, 0.4) is 0 Å². The van der Waals surface area contributed by atoms with Gasteiger partial charge in [-0.2, -0.15) is 12.7 Å². The van der Waals surface area contributed by atoms with Crippen molar-refractivity contribution in [1.82, 2.24) is 9.62 Å². The number of hydrogen-bond acceptors (Lipinski definition) is 3. The van der Waals surface area contributed by atoms with E-state index < -0.39 is 16.0 Å². The van der Waals surface area contributed by atoms with Gasteiger partial charge in [-0.3, -0.25) is 4.72 Å². The fourth-order valence-corrected chi connectivity index (χ4v) is 3.86. The van der Waals surface area contributed by atoms with E-state index in [1.54, 1.807) is 0 Å². The summed E-state index contributed by atoms with van der Waals surface area (Å²) in [6, 6.07) is 4.23. The predicted molar refractivity (Wildman–Crippen MR) is 82.2 cm³/mol. The van der Waals surface area contributed by atoms with Crippen LogP contribution in [-0.2, 0) is 10.2 Å². The van der Waals surface area contributed by atoms with Gasteiger partial charge in [0.25, 0.3) is 0 Å². The lowest BCUT2D eigenvalue weighted by Gasteiger charge is -2.31. The van der Waals surface area contributed by atoms with Gasteiger partial charge in [0.15, 0.2) is 5.82 Å². The second kappa shape index (κ2) is 6.91. The summed E-state index contributed by atoms with van der Waals surface area (Å²) in [5.41, 5.74) is -0.125. The smallest absolute Gasteiger partial charge is 0.301 e. The van der Waals surface area contributed by atoms with Gasteiger partial charge in [-0.05, 0) is 44.5 Å². The second-order valence-corrected chi connectivity index (χ2v) is 7.19. The summed E-state index contributed by atoms with van der Waals surface area (Å²) in [7, 11) is -1.87. The van der Waals surface area contributed by atoms with E-state index in [-0.39, 0.29) is 10.7 Å². The van der Waals surface area contributed by atoms with Crippen LogP contribution in [0.15, 0.2) is 18.2 Å². The highest BCUT2D eigenvalue weighted by Crippen LogP contribution is 2.25. The molecule has 0 aromatic heterocycles. The normalized spacial score (nSPS) is 17.9. The molecule has 0 spiro atoms. The summed E-state index contributed by atoms with van der Waals surface area (Å²) in [4.78, 5) is 0. The van der Waals surface area contributed by atoms with Crippen molar-refractivity contribution in [3.05, 3.63) is 29.0 Å². The Morgan fingerprint density at radius 2 is 2.05 bits per heavy atom. The molecule has 1 heterocycles. The molecule has 5 nitrogen and oxygen atoms in total. The summed E-state index contributed by atoms with van der Waals surface area (Å²) in [6.45, 7) is 1.75. The quantitative estimate of drug-likeness (QED) is 0.866. The minimum Gasteiger partial charge on any atom is -0.319 e. The average Bonchev–Trinajstić information content (AvgIpc) is 2.45. The van der Waals surface area contributed by atoms with Gasteiger partial charge in [0, 0.05) is 13.1 Å². The molecule has 1 aliphatic heterocycles. The Labute approximate surface area is 129 Å². The van der Waals surface area contributed by atoms with E-state index in [0.29, 0.717) is 19.0 Å². The molecule has 0 atom stereocenters. The van der Waals surface area contributed by atoms with Gasteiger partial charge < -0.3 is 5.32 Å². The van der Waals surface area contributed by atoms with E-state index in [0.717, 1.165) is 19.4 Å². The molecule has 2 rings (SSSR count). The maximum atomic E-state index is 13.8. The van der Waals surface area contributed by atoms with Gasteiger partial charge in [-0.15, -0.1) is 0 Å². The molecule has 1 aromatic rings. The SMILES string of the molecule is CNCC1CCN(S(=O)(=O)Nc2cccc(Cl)c2F)CC1. The number of halogens is 2. The lowest BCUT2D eigenvalue weighted by atomic mass is 9.98. The van der Waals surface area contributed by atoms with Crippen LogP contribution < -0.4 is 10.0 Å². The van der Waals surface area contributed by atoms with Gasteiger partial charge in [0.05, 0.1) is 10.7 Å². The van der Waals surface area contributed by atoms with Crippen LogP contribution in [0.5, 0.6) is 0 Å². The van der Waals surface area contributed by atoms with Crippen LogP contribution in [0.2, 0.25) is 5.02 Å². The maximum Gasteiger partial charge on any atom is 0.301 e. The molecule has 118 valence electrons. The zero-order valence-corrected chi connectivity index (χ0v) is 13.3. The van der Waals surface area contributed by atoms with Crippen molar-refractivity contribution in [2.24, 2.45) is 5.92 Å². The van der Waals surface area contributed by atoms with Crippen molar-refractivity contribution in [3.8, 4) is 0 Å². The summed E-state index contributed by atoms with van der Waals surface area (Å²) in [6.07, 6.45) is 1.58. The van der Waals surface area contributed by atoms with Crippen molar-refractivity contribution >= 4 is 27.5 Å². The van der Waals surface area contributed by atoms with Crippen LogP contribution in [0.1, 0.15) is 12.8 Å². The molecule has 0 aliphatic carbocycles. The van der Waals surface area contributed by atoms with Gasteiger partial charge in [0.1, 0.15) is 0 Å². The molecule has 0 radical (unpaired) electrons. The van der Waals surface area contributed by atoms with Crippen LogP contribution >= 0.6 is 11.6 Å². The number of nitrogens with zero attached hydrogens (tertiary/aromatic N) is 1. The zero-order chi connectivity index (χ0) is 15.5. The number of nitrogens with one attached hydrogen (secondary N) is 2. The number of hydrogen-bond donors (Lipinski definition) is 2. The molecule has 1 saturated heterocycles. The fraction of sp³-hybridized carbons (Fsp3) is 0.538. The molecule has 1 fully saturated rings.